The zero-order valence-electron chi connectivity index (χ0n) is 10.2. The van der Waals surface area contributed by atoms with Crippen molar-refractivity contribution in [3.05, 3.63) is 41.2 Å². The lowest BCUT2D eigenvalue weighted by Crippen LogP contribution is -2.26. The fourth-order valence-electron chi connectivity index (χ4n) is 1.65. The molecule has 0 amide bonds. The van der Waals surface area contributed by atoms with Crippen LogP contribution in [0.1, 0.15) is 19.4 Å². The van der Waals surface area contributed by atoms with E-state index in [0.717, 1.165) is 5.56 Å². The van der Waals surface area contributed by atoms with Gasteiger partial charge in [-0.1, -0.05) is 6.07 Å². The SMILES string of the molecule is Cc1ccc(F)c(OC2=C(F)C(=O)OC2(C)C)c1. The number of hydrogen-bond donors (Lipinski definition) is 0. The minimum absolute atomic E-state index is 0.133. The molecular weight excluding hydrogens is 242 g/mol. The molecule has 3 nitrogen and oxygen atoms in total. The zero-order chi connectivity index (χ0) is 13.5. The number of halogens is 2. The van der Waals surface area contributed by atoms with Crippen LogP contribution in [0.3, 0.4) is 0 Å². The summed E-state index contributed by atoms with van der Waals surface area (Å²) in [5, 5.41) is 0. The molecule has 0 saturated carbocycles. The van der Waals surface area contributed by atoms with Crippen LogP contribution in [-0.2, 0) is 9.53 Å². The molecule has 1 aromatic rings. The van der Waals surface area contributed by atoms with Crippen molar-refractivity contribution in [2.45, 2.75) is 26.4 Å². The maximum atomic E-state index is 13.6. The third-order valence-electron chi connectivity index (χ3n) is 2.57. The Hall–Kier alpha value is -1.91. The van der Waals surface area contributed by atoms with E-state index >= 15 is 0 Å². The summed E-state index contributed by atoms with van der Waals surface area (Å²) in [6.45, 7) is 4.69. The third-order valence-corrected chi connectivity index (χ3v) is 2.57. The second kappa shape index (κ2) is 4.08. The topological polar surface area (TPSA) is 35.5 Å². The molecule has 0 saturated heterocycles. The van der Waals surface area contributed by atoms with Crippen molar-refractivity contribution in [3.63, 3.8) is 0 Å². The van der Waals surface area contributed by atoms with Crippen LogP contribution in [-0.4, -0.2) is 11.6 Å². The lowest BCUT2D eigenvalue weighted by atomic mass is 10.1. The number of carbonyl (C=O) groups is 1. The van der Waals surface area contributed by atoms with Crippen LogP contribution < -0.4 is 4.74 Å². The van der Waals surface area contributed by atoms with Gasteiger partial charge in [0.15, 0.2) is 22.9 Å². The lowest BCUT2D eigenvalue weighted by molar-refractivity contribution is -0.146. The molecule has 2 rings (SSSR count). The van der Waals surface area contributed by atoms with Gasteiger partial charge in [-0.25, -0.2) is 9.18 Å². The number of ether oxygens (including phenoxy) is 2. The molecule has 0 spiro atoms. The number of hydrogen-bond acceptors (Lipinski definition) is 3. The number of aryl methyl sites for hydroxylation is 1. The number of rotatable bonds is 2. The number of cyclic esters (lactones) is 1. The van der Waals surface area contributed by atoms with Crippen molar-refractivity contribution in [2.75, 3.05) is 0 Å². The largest absolute Gasteiger partial charge is 0.451 e. The molecule has 0 atom stereocenters. The highest BCUT2D eigenvalue weighted by Crippen LogP contribution is 2.35. The Labute approximate surface area is 103 Å². The van der Waals surface area contributed by atoms with Crippen LogP contribution in [0.15, 0.2) is 29.8 Å². The van der Waals surface area contributed by atoms with E-state index in [1.165, 1.54) is 26.0 Å². The molecule has 0 fully saturated rings. The molecule has 1 aliphatic heterocycles. The van der Waals surface area contributed by atoms with E-state index < -0.39 is 23.2 Å². The van der Waals surface area contributed by atoms with Gasteiger partial charge in [0.2, 0.25) is 5.83 Å². The molecule has 0 bridgehead atoms. The maximum Gasteiger partial charge on any atom is 0.371 e. The second-order valence-electron chi connectivity index (χ2n) is 4.58. The smallest absolute Gasteiger partial charge is 0.371 e. The van der Waals surface area contributed by atoms with E-state index in [1.807, 2.05) is 0 Å². The average Bonchev–Trinajstić information content (AvgIpc) is 2.46. The van der Waals surface area contributed by atoms with E-state index in [4.69, 9.17) is 9.47 Å². The van der Waals surface area contributed by atoms with Crippen molar-refractivity contribution >= 4 is 5.97 Å². The summed E-state index contributed by atoms with van der Waals surface area (Å²) in [6, 6.07) is 4.20. The van der Waals surface area contributed by atoms with Gasteiger partial charge >= 0.3 is 5.97 Å². The van der Waals surface area contributed by atoms with Crippen LogP contribution in [0.5, 0.6) is 5.75 Å². The monoisotopic (exact) mass is 254 g/mol. The highest BCUT2D eigenvalue weighted by molar-refractivity contribution is 5.90. The molecule has 0 aliphatic carbocycles. The first-order chi connectivity index (χ1) is 8.31. The Morgan fingerprint density at radius 3 is 2.50 bits per heavy atom. The van der Waals surface area contributed by atoms with Crippen LogP contribution in [0, 0.1) is 12.7 Å². The Bertz CT molecular complexity index is 547. The summed E-state index contributed by atoms with van der Waals surface area (Å²) in [4.78, 5) is 11.1. The van der Waals surface area contributed by atoms with Gasteiger partial charge in [-0.05, 0) is 38.5 Å². The second-order valence-corrected chi connectivity index (χ2v) is 4.58. The van der Waals surface area contributed by atoms with E-state index in [0.29, 0.717) is 0 Å². The summed E-state index contributed by atoms with van der Waals surface area (Å²) in [6.07, 6.45) is 0. The van der Waals surface area contributed by atoms with E-state index in [-0.39, 0.29) is 11.5 Å². The highest BCUT2D eigenvalue weighted by Gasteiger charge is 2.43. The Morgan fingerprint density at radius 2 is 1.94 bits per heavy atom. The molecule has 1 aliphatic rings. The number of benzene rings is 1. The molecule has 0 unspecified atom stereocenters. The minimum Gasteiger partial charge on any atom is -0.451 e. The van der Waals surface area contributed by atoms with Gasteiger partial charge in [-0.3, -0.25) is 0 Å². The summed E-state index contributed by atoms with van der Waals surface area (Å²) in [5.74, 6) is -3.29. The molecule has 18 heavy (non-hydrogen) atoms. The van der Waals surface area contributed by atoms with Crippen LogP contribution in [0.2, 0.25) is 0 Å². The van der Waals surface area contributed by atoms with Gasteiger partial charge in [-0.15, -0.1) is 0 Å². The van der Waals surface area contributed by atoms with Gasteiger partial charge in [0.1, 0.15) is 0 Å². The fourth-order valence-corrected chi connectivity index (χ4v) is 1.65. The van der Waals surface area contributed by atoms with Crippen molar-refractivity contribution in [1.82, 2.24) is 0 Å². The van der Waals surface area contributed by atoms with Gasteiger partial charge in [0.05, 0.1) is 0 Å². The van der Waals surface area contributed by atoms with Gasteiger partial charge in [0, 0.05) is 0 Å². The number of esters is 1. The summed E-state index contributed by atoms with van der Waals surface area (Å²) >= 11 is 0. The van der Waals surface area contributed by atoms with E-state index in [1.54, 1.807) is 13.0 Å². The Kier molecular flexibility index (Phi) is 2.84. The summed E-state index contributed by atoms with van der Waals surface area (Å²) < 4.78 is 37.0. The molecular formula is C13H12F2O3. The molecule has 0 N–H and O–H groups in total. The van der Waals surface area contributed by atoms with Crippen molar-refractivity contribution in [2.24, 2.45) is 0 Å². The first-order valence-corrected chi connectivity index (χ1v) is 5.39. The molecule has 0 aromatic heterocycles. The van der Waals surface area contributed by atoms with Crippen LogP contribution in [0.4, 0.5) is 8.78 Å². The first-order valence-electron chi connectivity index (χ1n) is 5.39. The molecule has 5 heteroatoms. The van der Waals surface area contributed by atoms with Crippen molar-refractivity contribution in [3.8, 4) is 5.75 Å². The number of carbonyl (C=O) groups excluding carboxylic acids is 1. The zero-order valence-corrected chi connectivity index (χ0v) is 10.2. The molecule has 96 valence electrons. The Morgan fingerprint density at radius 1 is 1.28 bits per heavy atom. The fraction of sp³-hybridized carbons (Fsp3) is 0.308. The molecule has 1 aromatic carbocycles. The predicted molar refractivity (Wildman–Crippen MR) is 60.1 cm³/mol. The van der Waals surface area contributed by atoms with Crippen molar-refractivity contribution < 1.29 is 23.0 Å². The Balaban J connectivity index is 2.39. The maximum absolute atomic E-state index is 13.6. The van der Waals surface area contributed by atoms with E-state index in [9.17, 15) is 13.6 Å². The standard InChI is InChI=1S/C13H12F2O3/c1-7-4-5-8(14)9(6-7)17-11-10(15)12(16)18-13(11,2)3/h4-6H,1-3H3. The summed E-state index contributed by atoms with van der Waals surface area (Å²) in [5.41, 5.74) is -0.479. The van der Waals surface area contributed by atoms with Gasteiger partial charge in [-0.2, -0.15) is 4.39 Å². The predicted octanol–water partition coefficient (Wildman–Crippen LogP) is 3.03. The first kappa shape index (κ1) is 12.5. The van der Waals surface area contributed by atoms with Crippen LogP contribution >= 0.6 is 0 Å². The van der Waals surface area contributed by atoms with Crippen LogP contribution in [0.25, 0.3) is 0 Å². The van der Waals surface area contributed by atoms with Gasteiger partial charge in [0.25, 0.3) is 0 Å². The van der Waals surface area contributed by atoms with Gasteiger partial charge < -0.3 is 9.47 Å². The molecule has 1 heterocycles. The van der Waals surface area contributed by atoms with Crippen molar-refractivity contribution in [1.29, 1.82) is 0 Å². The molecule has 0 radical (unpaired) electrons. The minimum atomic E-state index is -1.24. The average molecular weight is 254 g/mol. The van der Waals surface area contributed by atoms with E-state index in [2.05, 4.69) is 0 Å². The summed E-state index contributed by atoms with van der Waals surface area (Å²) in [7, 11) is 0. The quantitative estimate of drug-likeness (QED) is 0.761. The third kappa shape index (κ3) is 2.08. The lowest BCUT2D eigenvalue weighted by Gasteiger charge is -2.20. The highest BCUT2D eigenvalue weighted by atomic mass is 19.1. The normalized spacial score (nSPS) is 17.9.